The summed E-state index contributed by atoms with van der Waals surface area (Å²) in [6, 6.07) is 0. The van der Waals surface area contributed by atoms with Crippen molar-refractivity contribution < 1.29 is 8.76 Å². The molecule has 4 N–H and O–H groups in total. The molecule has 0 spiro atoms. The lowest BCUT2D eigenvalue weighted by atomic mass is 9.91. The normalized spacial score (nSPS) is 15.7. The summed E-state index contributed by atoms with van der Waals surface area (Å²) in [5, 5.41) is 0. The lowest BCUT2D eigenvalue weighted by Gasteiger charge is -2.30. The molecular weight excluding hydrogens is 253 g/mol. The number of nitrogens with zero attached hydrogens (tertiary/aromatic N) is 1. The Kier molecular flexibility index (Phi) is 6.06. The molecule has 0 aliphatic heterocycles. The third kappa shape index (κ3) is 7.52. The maximum Gasteiger partial charge on any atom is 0.145 e. The fraction of sp³-hybridized carbons (Fsp3) is 1.00. The maximum atomic E-state index is 10.8. The van der Waals surface area contributed by atoms with Crippen molar-refractivity contribution in [1.82, 2.24) is 4.08 Å². The van der Waals surface area contributed by atoms with Crippen molar-refractivity contribution in [2.45, 2.75) is 33.6 Å². The third-order valence-electron chi connectivity index (χ3n) is 1.80. The van der Waals surface area contributed by atoms with Crippen molar-refractivity contribution in [1.29, 1.82) is 0 Å². The standard InChI is InChI=1S/C7H20N3O2PS2/c1-7(2,3)5-4-6-10(15(11)12)13(8,9)14/h4-6H2,1-3H3,(H,11,12)(H4,8,9,14)/p-1. The summed E-state index contributed by atoms with van der Waals surface area (Å²) in [6.45, 7) is 3.71. The molecule has 0 aromatic heterocycles. The second kappa shape index (κ2) is 5.82. The maximum absolute atomic E-state index is 10.8. The number of hydrogen-bond acceptors (Lipinski definition) is 3. The third-order valence-corrected chi connectivity index (χ3v) is 5.33. The van der Waals surface area contributed by atoms with E-state index in [4.69, 9.17) is 22.8 Å². The Morgan fingerprint density at radius 3 is 2.20 bits per heavy atom. The van der Waals surface area contributed by atoms with E-state index in [-0.39, 0.29) is 5.41 Å². The highest BCUT2D eigenvalue weighted by atomic mass is 32.5. The molecule has 15 heavy (non-hydrogen) atoms. The lowest BCUT2D eigenvalue weighted by Crippen LogP contribution is -2.31. The first-order valence-electron chi connectivity index (χ1n) is 4.58. The molecule has 0 radical (unpaired) electrons. The Bertz CT molecular complexity index is 274. The average Bonchev–Trinajstić information content (AvgIpc) is 1.92. The van der Waals surface area contributed by atoms with E-state index in [1.165, 1.54) is 0 Å². The van der Waals surface area contributed by atoms with Crippen molar-refractivity contribution in [3.63, 3.8) is 0 Å². The molecule has 5 nitrogen and oxygen atoms in total. The van der Waals surface area contributed by atoms with E-state index in [9.17, 15) is 8.76 Å². The van der Waals surface area contributed by atoms with Crippen LogP contribution in [0.3, 0.4) is 0 Å². The van der Waals surface area contributed by atoms with Crippen LogP contribution in [0.4, 0.5) is 0 Å². The number of nitrogens with two attached hydrogens (primary N) is 2. The molecule has 0 fully saturated rings. The first kappa shape index (κ1) is 15.6. The van der Waals surface area contributed by atoms with Crippen molar-refractivity contribution in [3.05, 3.63) is 0 Å². The monoisotopic (exact) mass is 272 g/mol. The quantitative estimate of drug-likeness (QED) is 0.576. The summed E-state index contributed by atoms with van der Waals surface area (Å²) in [5.74, 6) is 0. The van der Waals surface area contributed by atoms with Gasteiger partial charge in [0.1, 0.15) is 6.49 Å². The largest absolute Gasteiger partial charge is 0.759 e. The molecule has 0 aromatic carbocycles. The average molecular weight is 272 g/mol. The summed E-state index contributed by atoms with van der Waals surface area (Å²) in [7, 11) is 0. The summed E-state index contributed by atoms with van der Waals surface area (Å²) in [5.41, 5.74) is 11.1. The summed E-state index contributed by atoms with van der Waals surface area (Å²) in [6.07, 6.45) is 1.61. The molecule has 0 aromatic rings. The highest BCUT2D eigenvalue weighted by Crippen LogP contribution is 2.34. The zero-order valence-electron chi connectivity index (χ0n) is 9.30. The van der Waals surface area contributed by atoms with Gasteiger partial charge in [0.15, 0.2) is 0 Å². The summed E-state index contributed by atoms with van der Waals surface area (Å²) < 4.78 is 22.7. The Morgan fingerprint density at radius 2 is 1.93 bits per heavy atom. The molecule has 0 saturated carbocycles. The lowest BCUT2D eigenvalue weighted by molar-refractivity contribution is 0.353. The molecule has 0 bridgehead atoms. The minimum atomic E-state index is -2.86. The number of hydrogen-bond donors (Lipinski definition) is 2. The van der Waals surface area contributed by atoms with Crippen LogP contribution in [-0.2, 0) is 23.1 Å². The van der Waals surface area contributed by atoms with E-state index in [0.717, 1.165) is 10.5 Å². The SMILES string of the molecule is CC(C)(C)CCCN(S(=O)[O-])P(N)(N)=S. The minimum Gasteiger partial charge on any atom is -0.759 e. The second-order valence-corrected chi connectivity index (χ2v) is 9.36. The predicted octanol–water partition coefficient (Wildman–Crippen LogP) is 1.05. The molecule has 1 atom stereocenters. The van der Waals surface area contributed by atoms with Gasteiger partial charge in [-0.1, -0.05) is 20.8 Å². The fourth-order valence-corrected chi connectivity index (χ4v) is 3.38. The fourth-order valence-electron chi connectivity index (χ4n) is 1.08. The molecule has 0 heterocycles. The van der Waals surface area contributed by atoms with Crippen LogP contribution < -0.4 is 11.0 Å². The Labute approximate surface area is 99.2 Å². The molecular formula is C7H19N3O2PS2-. The van der Waals surface area contributed by atoms with Crippen molar-refractivity contribution in [2.24, 2.45) is 16.4 Å². The molecule has 1 unspecified atom stereocenters. The van der Waals surface area contributed by atoms with Gasteiger partial charge >= 0.3 is 0 Å². The zero-order chi connectivity index (χ0) is 12.3. The second-order valence-electron chi connectivity index (χ2n) is 4.63. The molecule has 0 aliphatic rings. The topological polar surface area (TPSA) is 95.4 Å². The van der Waals surface area contributed by atoms with Gasteiger partial charge < -0.3 is 4.55 Å². The van der Waals surface area contributed by atoms with Crippen LogP contribution in [0.15, 0.2) is 0 Å². The van der Waals surface area contributed by atoms with E-state index < -0.39 is 17.8 Å². The van der Waals surface area contributed by atoms with Gasteiger partial charge in [-0.2, -0.15) is 4.08 Å². The van der Waals surface area contributed by atoms with Crippen LogP contribution in [0.5, 0.6) is 0 Å². The van der Waals surface area contributed by atoms with E-state index in [1.807, 2.05) is 0 Å². The van der Waals surface area contributed by atoms with Gasteiger partial charge in [-0.05, 0) is 30.1 Å². The van der Waals surface area contributed by atoms with Crippen LogP contribution in [0.2, 0.25) is 0 Å². The van der Waals surface area contributed by atoms with Gasteiger partial charge in [-0.25, -0.2) is 0 Å². The van der Waals surface area contributed by atoms with Crippen LogP contribution in [0.1, 0.15) is 33.6 Å². The molecule has 0 rings (SSSR count). The molecule has 0 aliphatic carbocycles. The first-order valence-corrected chi connectivity index (χ1v) is 8.51. The van der Waals surface area contributed by atoms with Crippen LogP contribution in [0, 0.1) is 5.41 Å². The van der Waals surface area contributed by atoms with Crippen molar-refractivity contribution in [2.75, 3.05) is 6.54 Å². The number of rotatable bonds is 5. The summed E-state index contributed by atoms with van der Waals surface area (Å²) in [4.78, 5) is 0. The molecule has 92 valence electrons. The van der Waals surface area contributed by atoms with E-state index in [1.54, 1.807) is 0 Å². The molecule has 8 heteroatoms. The van der Waals surface area contributed by atoms with Gasteiger partial charge in [0, 0.05) is 17.8 Å². The predicted molar refractivity (Wildman–Crippen MR) is 67.0 cm³/mol. The van der Waals surface area contributed by atoms with E-state index in [0.29, 0.717) is 13.0 Å². The Balaban J connectivity index is 4.23. The Morgan fingerprint density at radius 1 is 1.47 bits per heavy atom. The van der Waals surface area contributed by atoms with E-state index >= 15 is 0 Å². The van der Waals surface area contributed by atoms with Crippen LogP contribution >= 0.6 is 6.49 Å². The van der Waals surface area contributed by atoms with Gasteiger partial charge in [-0.15, -0.1) is 0 Å². The Hall–Kier alpha value is 0.640. The highest BCUT2D eigenvalue weighted by Gasteiger charge is 2.18. The van der Waals surface area contributed by atoms with Gasteiger partial charge in [0.05, 0.1) is 0 Å². The van der Waals surface area contributed by atoms with Crippen molar-refractivity contribution >= 4 is 29.6 Å². The first-order chi connectivity index (χ1) is 6.54. The van der Waals surface area contributed by atoms with Gasteiger partial charge in [0.2, 0.25) is 0 Å². The zero-order valence-corrected chi connectivity index (χ0v) is 11.8. The van der Waals surface area contributed by atoms with Crippen LogP contribution in [0.25, 0.3) is 0 Å². The minimum absolute atomic E-state index is 0.168. The van der Waals surface area contributed by atoms with Gasteiger partial charge in [0.25, 0.3) is 0 Å². The van der Waals surface area contributed by atoms with Crippen LogP contribution in [-0.4, -0.2) is 19.4 Å². The van der Waals surface area contributed by atoms with Gasteiger partial charge in [-0.3, -0.25) is 15.2 Å². The highest BCUT2D eigenvalue weighted by molar-refractivity contribution is 8.14. The smallest absolute Gasteiger partial charge is 0.145 e. The molecule has 0 amide bonds. The van der Waals surface area contributed by atoms with E-state index in [2.05, 4.69) is 20.8 Å². The summed E-state index contributed by atoms with van der Waals surface area (Å²) >= 11 is 2.37. The van der Waals surface area contributed by atoms with Crippen molar-refractivity contribution in [3.8, 4) is 0 Å². The molecule has 0 saturated heterocycles.